The van der Waals surface area contributed by atoms with Gasteiger partial charge >= 0.3 is 0 Å². The van der Waals surface area contributed by atoms with Gasteiger partial charge in [-0.1, -0.05) is 12.8 Å². The molecule has 2 rings (SSSR count). The molecule has 1 unspecified atom stereocenters. The second kappa shape index (κ2) is 6.46. The van der Waals surface area contributed by atoms with Gasteiger partial charge in [-0.2, -0.15) is 0 Å². The Morgan fingerprint density at radius 2 is 1.90 bits per heavy atom. The fourth-order valence-electron chi connectivity index (χ4n) is 3.16. The van der Waals surface area contributed by atoms with Gasteiger partial charge in [-0.25, -0.2) is 0 Å². The van der Waals surface area contributed by atoms with E-state index < -0.39 is 0 Å². The molecule has 1 aromatic carbocycles. The molecule has 1 fully saturated rings. The molecule has 112 valence electrons. The van der Waals surface area contributed by atoms with Gasteiger partial charge in [-0.05, 0) is 31.9 Å². The minimum absolute atomic E-state index is 0.175. The molecule has 0 bridgehead atoms. The number of rotatable bonds is 6. The number of nitrogens with two attached hydrogens (primary N) is 1. The van der Waals surface area contributed by atoms with Crippen LogP contribution >= 0.6 is 0 Å². The average molecular weight is 279 g/mol. The maximum absolute atomic E-state index is 6.54. The van der Waals surface area contributed by atoms with Gasteiger partial charge in [-0.3, -0.25) is 0 Å². The third-order valence-electron chi connectivity index (χ3n) is 4.22. The number of hydrogen-bond donors (Lipinski definition) is 1. The molecule has 4 heteroatoms. The molecule has 1 aromatic rings. The Kier molecular flexibility index (Phi) is 4.89. The van der Waals surface area contributed by atoms with Crippen LogP contribution in [0.4, 0.5) is 0 Å². The second-order valence-corrected chi connectivity index (χ2v) is 5.29. The van der Waals surface area contributed by atoms with Crippen molar-refractivity contribution in [2.45, 2.75) is 44.2 Å². The molecule has 1 atom stereocenters. The first-order valence-electron chi connectivity index (χ1n) is 7.28. The van der Waals surface area contributed by atoms with Gasteiger partial charge in [0.05, 0.1) is 25.9 Å². The van der Waals surface area contributed by atoms with Crippen LogP contribution in [0.15, 0.2) is 18.2 Å². The van der Waals surface area contributed by atoms with Gasteiger partial charge in [-0.15, -0.1) is 0 Å². The molecule has 1 aliphatic rings. The molecule has 0 aromatic heterocycles. The Labute approximate surface area is 121 Å². The van der Waals surface area contributed by atoms with Gasteiger partial charge in [0.1, 0.15) is 11.5 Å². The van der Waals surface area contributed by atoms with Gasteiger partial charge in [0.15, 0.2) is 0 Å². The van der Waals surface area contributed by atoms with E-state index in [-0.39, 0.29) is 11.6 Å². The van der Waals surface area contributed by atoms with Crippen molar-refractivity contribution in [3.05, 3.63) is 23.8 Å². The van der Waals surface area contributed by atoms with Crippen molar-refractivity contribution in [2.75, 3.05) is 20.8 Å². The first kappa shape index (κ1) is 15.1. The number of methoxy groups -OCH3 is 2. The normalized spacial score (nSPS) is 18.8. The largest absolute Gasteiger partial charge is 0.497 e. The van der Waals surface area contributed by atoms with Gasteiger partial charge < -0.3 is 19.9 Å². The zero-order chi connectivity index (χ0) is 14.6. The third-order valence-corrected chi connectivity index (χ3v) is 4.22. The van der Waals surface area contributed by atoms with E-state index >= 15 is 0 Å². The molecule has 0 saturated heterocycles. The van der Waals surface area contributed by atoms with Crippen LogP contribution in [0, 0.1) is 0 Å². The van der Waals surface area contributed by atoms with Crippen molar-refractivity contribution >= 4 is 0 Å². The summed E-state index contributed by atoms with van der Waals surface area (Å²) in [6.07, 6.45) is 4.37. The topological polar surface area (TPSA) is 53.7 Å². The van der Waals surface area contributed by atoms with Crippen LogP contribution < -0.4 is 15.2 Å². The van der Waals surface area contributed by atoms with Crippen LogP contribution in [-0.2, 0) is 4.74 Å². The van der Waals surface area contributed by atoms with Crippen molar-refractivity contribution < 1.29 is 14.2 Å². The SMILES string of the molecule is CCOC1(C(N)c2ccc(OC)cc2OC)CCCC1. The summed E-state index contributed by atoms with van der Waals surface area (Å²) in [5.74, 6) is 1.54. The molecule has 2 N–H and O–H groups in total. The fourth-order valence-corrected chi connectivity index (χ4v) is 3.16. The van der Waals surface area contributed by atoms with E-state index in [4.69, 9.17) is 19.9 Å². The summed E-state index contributed by atoms with van der Waals surface area (Å²) in [5.41, 5.74) is 7.28. The zero-order valence-electron chi connectivity index (χ0n) is 12.6. The van der Waals surface area contributed by atoms with E-state index in [9.17, 15) is 0 Å². The summed E-state index contributed by atoms with van der Waals surface area (Å²) in [5, 5.41) is 0. The molecule has 0 spiro atoms. The minimum Gasteiger partial charge on any atom is -0.497 e. The lowest BCUT2D eigenvalue weighted by Gasteiger charge is -2.36. The first-order valence-corrected chi connectivity index (χ1v) is 7.28. The van der Waals surface area contributed by atoms with Crippen molar-refractivity contribution in [1.82, 2.24) is 0 Å². The van der Waals surface area contributed by atoms with E-state index in [2.05, 4.69) is 0 Å². The molecule has 20 heavy (non-hydrogen) atoms. The summed E-state index contributed by atoms with van der Waals surface area (Å²) in [7, 11) is 3.31. The van der Waals surface area contributed by atoms with Crippen LogP contribution in [-0.4, -0.2) is 26.4 Å². The monoisotopic (exact) mass is 279 g/mol. The minimum atomic E-state index is -0.253. The smallest absolute Gasteiger partial charge is 0.127 e. The highest BCUT2D eigenvalue weighted by atomic mass is 16.5. The van der Waals surface area contributed by atoms with Crippen molar-refractivity contribution in [1.29, 1.82) is 0 Å². The van der Waals surface area contributed by atoms with Crippen LogP contribution in [0.3, 0.4) is 0 Å². The summed E-state index contributed by atoms with van der Waals surface area (Å²) in [4.78, 5) is 0. The molecule has 0 amide bonds. The van der Waals surface area contributed by atoms with E-state index in [0.717, 1.165) is 29.9 Å². The van der Waals surface area contributed by atoms with Crippen LogP contribution in [0.1, 0.15) is 44.2 Å². The lowest BCUT2D eigenvalue weighted by Crippen LogP contribution is -2.41. The van der Waals surface area contributed by atoms with Crippen LogP contribution in [0.5, 0.6) is 11.5 Å². The molecule has 0 aliphatic heterocycles. The van der Waals surface area contributed by atoms with Gasteiger partial charge in [0.2, 0.25) is 0 Å². The van der Waals surface area contributed by atoms with Gasteiger partial charge in [0, 0.05) is 18.2 Å². The Hall–Kier alpha value is -1.26. The Morgan fingerprint density at radius 3 is 2.45 bits per heavy atom. The van der Waals surface area contributed by atoms with Crippen molar-refractivity contribution in [3.63, 3.8) is 0 Å². The maximum Gasteiger partial charge on any atom is 0.127 e. The number of benzene rings is 1. The summed E-state index contributed by atoms with van der Waals surface area (Å²) in [6, 6.07) is 5.61. The molecular formula is C16H25NO3. The van der Waals surface area contributed by atoms with Crippen LogP contribution in [0.25, 0.3) is 0 Å². The Bertz CT molecular complexity index is 441. The summed E-state index contributed by atoms with van der Waals surface area (Å²) >= 11 is 0. The molecule has 4 nitrogen and oxygen atoms in total. The van der Waals surface area contributed by atoms with E-state index in [1.807, 2.05) is 25.1 Å². The Morgan fingerprint density at radius 1 is 1.20 bits per heavy atom. The van der Waals surface area contributed by atoms with Crippen LogP contribution in [0.2, 0.25) is 0 Å². The number of ether oxygens (including phenoxy) is 3. The Balaban J connectivity index is 2.33. The first-order chi connectivity index (χ1) is 9.66. The predicted molar refractivity (Wildman–Crippen MR) is 79.3 cm³/mol. The lowest BCUT2D eigenvalue weighted by atomic mass is 9.87. The highest BCUT2D eigenvalue weighted by Crippen LogP contribution is 2.44. The van der Waals surface area contributed by atoms with E-state index in [1.54, 1.807) is 14.2 Å². The summed E-state index contributed by atoms with van der Waals surface area (Å²) < 4.78 is 16.8. The maximum atomic E-state index is 6.54. The number of hydrogen-bond acceptors (Lipinski definition) is 4. The molecular weight excluding hydrogens is 254 g/mol. The lowest BCUT2D eigenvalue weighted by molar-refractivity contribution is -0.0540. The van der Waals surface area contributed by atoms with Crippen molar-refractivity contribution in [3.8, 4) is 11.5 Å². The third kappa shape index (κ3) is 2.76. The predicted octanol–water partition coefficient (Wildman–Crippen LogP) is 3.05. The van der Waals surface area contributed by atoms with Crippen molar-refractivity contribution in [2.24, 2.45) is 5.73 Å². The highest BCUT2D eigenvalue weighted by Gasteiger charge is 2.42. The molecule has 1 aliphatic carbocycles. The highest BCUT2D eigenvalue weighted by molar-refractivity contribution is 5.43. The quantitative estimate of drug-likeness (QED) is 0.869. The summed E-state index contributed by atoms with van der Waals surface area (Å²) in [6.45, 7) is 2.71. The van der Waals surface area contributed by atoms with E-state index in [0.29, 0.717) is 6.61 Å². The standard InChI is InChI=1S/C16H25NO3/c1-4-20-16(9-5-6-10-16)15(17)13-8-7-12(18-2)11-14(13)19-3/h7-8,11,15H,4-6,9-10,17H2,1-3H3. The second-order valence-electron chi connectivity index (χ2n) is 5.29. The fraction of sp³-hybridized carbons (Fsp3) is 0.625. The molecule has 0 heterocycles. The molecule has 0 radical (unpaired) electrons. The van der Waals surface area contributed by atoms with Gasteiger partial charge in [0.25, 0.3) is 0 Å². The molecule has 1 saturated carbocycles. The average Bonchev–Trinajstić information content (AvgIpc) is 2.96. The van der Waals surface area contributed by atoms with E-state index in [1.165, 1.54) is 12.8 Å². The zero-order valence-corrected chi connectivity index (χ0v) is 12.6.